The molecule has 0 fully saturated rings. The molecule has 0 saturated heterocycles. The Morgan fingerprint density at radius 1 is 1.05 bits per heavy atom. The Morgan fingerprint density at radius 2 is 1.86 bits per heavy atom. The lowest BCUT2D eigenvalue weighted by Gasteiger charge is -2.19. The average molecular weight is 291 g/mol. The van der Waals surface area contributed by atoms with Crippen LogP contribution < -0.4 is 10.1 Å². The van der Waals surface area contributed by atoms with Crippen LogP contribution in [0.1, 0.15) is 57.9 Å². The van der Waals surface area contributed by atoms with E-state index in [4.69, 9.17) is 4.74 Å². The standard InChI is InChI=1S/C19H33NO/c1-4-6-7-8-11-17(16-20-14-5-2)15-18-12-9-10-13-19(18)21-3/h9-10,12-13,17,20H,4-8,11,14-16H2,1-3H3. The SMILES string of the molecule is CCCCCCC(CNCCC)Cc1ccccc1OC. The molecule has 1 aromatic rings. The third-order valence-electron chi connectivity index (χ3n) is 4.03. The minimum absolute atomic E-state index is 0.713. The lowest BCUT2D eigenvalue weighted by molar-refractivity contribution is 0.390. The lowest BCUT2D eigenvalue weighted by atomic mass is 9.93. The maximum absolute atomic E-state index is 5.49. The fourth-order valence-electron chi connectivity index (χ4n) is 2.80. The molecule has 2 nitrogen and oxygen atoms in total. The number of para-hydroxylation sites is 1. The van der Waals surface area contributed by atoms with E-state index in [-0.39, 0.29) is 0 Å². The van der Waals surface area contributed by atoms with Crippen molar-refractivity contribution in [2.75, 3.05) is 20.2 Å². The number of benzene rings is 1. The predicted octanol–water partition coefficient (Wildman–Crippen LogP) is 4.82. The van der Waals surface area contributed by atoms with Gasteiger partial charge in [-0.25, -0.2) is 0 Å². The molecule has 1 unspecified atom stereocenters. The molecule has 0 aliphatic carbocycles. The highest BCUT2D eigenvalue weighted by molar-refractivity contribution is 5.33. The van der Waals surface area contributed by atoms with E-state index in [1.165, 1.54) is 44.1 Å². The Kier molecular flexibility index (Phi) is 9.98. The van der Waals surface area contributed by atoms with Crippen LogP contribution in [0.2, 0.25) is 0 Å². The van der Waals surface area contributed by atoms with Gasteiger partial charge in [0.25, 0.3) is 0 Å². The Morgan fingerprint density at radius 3 is 2.57 bits per heavy atom. The van der Waals surface area contributed by atoms with Crippen molar-refractivity contribution in [1.82, 2.24) is 5.32 Å². The quantitative estimate of drug-likeness (QED) is 0.557. The van der Waals surface area contributed by atoms with Crippen molar-refractivity contribution in [2.45, 2.75) is 58.8 Å². The minimum atomic E-state index is 0.713. The van der Waals surface area contributed by atoms with Crippen LogP contribution in [0.15, 0.2) is 24.3 Å². The van der Waals surface area contributed by atoms with Gasteiger partial charge in [-0.3, -0.25) is 0 Å². The van der Waals surface area contributed by atoms with Crippen LogP contribution >= 0.6 is 0 Å². The minimum Gasteiger partial charge on any atom is -0.496 e. The smallest absolute Gasteiger partial charge is 0.122 e. The van der Waals surface area contributed by atoms with Gasteiger partial charge in [-0.2, -0.15) is 0 Å². The zero-order valence-corrected chi connectivity index (χ0v) is 14.2. The van der Waals surface area contributed by atoms with Crippen LogP contribution in [0.5, 0.6) is 5.75 Å². The average Bonchev–Trinajstić information content (AvgIpc) is 2.52. The van der Waals surface area contributed by atoms with Crippen LogP contribution in [0, 0.1) is 5.92 Å². The van der Waals surface area contributed by atoms with Gasteiger partial charge in [0.05, 0.1) is 7.11 Å². The van der Waals surface area contributed by atoms with Gasteiger partial charge in [-0.15, -0.1) is 0 Å². The van der Waals surface area contributed by atoms with Crippen molar-refractivity contribution >= 4 is 0 Å². The highest BCUT2D eigenvalue weighted by Gasteiger charge is 2.12. The molecule has 1 N–H and O–H groups in total. The number of hydrogen-bond donors (Lipinski definition) is 1. The zero-order chi connectivity index (χ0) is 15.3. The first-order chi connectivity index (χ1) is 10.3. The highest BCUT2D eigenvalue weighted by Crippen LogP contribution is 2.23. The van der Waals surface area contributed by atoms with E-state index in [0.29, 0.717) is 5.92 Å². The van der Waals surface area contributed by atoms with E-state index < -0.39 is 0 Å². The van der Waals surface area contributed by atoms with Gasteiger partial charge in [0.1, 0.15) is 5.75 Å². The van der Waals surface area contributed by atoms with Crippen molar-refractivity contribution in [2.24, 2.45) is 5.92 Å². The molecule has 0 heterocycles. The second-order valence-corrected chi connectivity index (χ2v) is 5.94. The number of methoxy groups -OCH3 is 1. The van der Waals surface area contributed by atoms with E-state index in [0.717, 1.165) is 25.3 Å². The van der Waals surface area contributed by atoms with Crippen LogP contribution in [0.4, 0.5) is 0 Å². The number of nitrogens with one attached hydrogen (secondary N) is 1. The van der Waals surface area contributed by atoms with Crippen molar-refractivity contribution in [1.29, 1.82) is 0 Å². The molecule has 0 bridgehead atoms. The second kappa shape index (κ2) is 11.6. The summed E-state index contributed by atoms with van der Waals surface area (Å²) in [6.07, 6.45) is 9.03. The van der Waals surface area contributed by atoms with Gasteiger partial charge in [0.2, 0.25) is 0 Å². The molecule has 1 aromatic carbocycles. The maximum atomic E-state index is 5.49. The van der Waals surface area contributed by atoms with E-state index >= 15 is 0 Å². The molecule has 0 aromatic heterocycles. The second-order valence-electron chi connectivity index (χ2n) is 5.94. The molecule has 0 spiro atoms. The van der Waals surface area contributed by atoms with Crippen molar-refractivity contribution in [3.8, 4) is 5.75 Å². The van der Waals surface area contributed by atoms with Crippen LogP contribution in [0.3, 0.4) is 0 Å². The van der Waals surface area contributed by atoms with Crippen LogP contribution in [0.25, 0.3) is 0 Å². The molecule has 0 aliphatic heterocycles. The van der Waals surface area contributed by atoms with Gasteiger partial charge >= 0.3 is 0 Å². The Hall–Kier alpha value is -1.02. The molecule has 21 heavy (non-hydrogen) atoms. The van der Waals surface area contributed by atoms with Gasteiger partial charge in [0, 0.05) is 0 Å². The van der Waals surface area contributed by atoms with Crippen LogP contribution in [-0.4, -0.2) is 20.2 Å². The number of ether oxygens (including phenoxy) is 1. The topological polar surface area (TPSA) is 21.3 Å². The first kappa shape index (κ1) is 18.0. The van der Waals surface area contributed by atoms with Gasteiger partial charge in [0.15, 0.2) is 0 Å². The molecule has 120 valence electrons. The van der Waals surface area contributed by atoms with Crippen LogP contribution in [-0.2, 0) is 6.42 Å². The first-order valence-electron chi connectivity index (χ1n) is 8.64. The number of unbranched alkanes of at least 4 members (excludes halogenated alkanes) is 3. The number of hydrogen-bond acceptors (Lipinski definition) is 2. The fraction of sp³-hybridized carbons (Fsp3) is 0.684. The molecule has 0 amide bonds. The largest absolute Gasteiger partial charge is 0.496 e. The molecule has 1 rings (SSSR count). The Bertz CT molecular complexity index is 364. The fourth-order valence-corrected chi connectivity index (χ4v) is 2.80. The summed E-state index contributed by atoms with van der Waals surface area (Å²) in [4.78, 5) is 0. The van der Waals surface area contributed by atoms with E-state index in [2.05, 4.69) is 37.4 Å². The molecule has 0 radical (unpaired) electrons. The summed E-state index contributed by atoms with van der Waals surface area (Å²) in [5.41, 5.74) is 1.35. The Balaban J connectivity index is 2.53. The first-order valence-corrected chi connectivity index (χ1v) is 8.64. The van der Waals surface area contributed by atoms with E-state index in [1.807, 2.05) is 6.07 Å². The molecule has 2 heteroatoms. The monoisotopic (exact) mass is 291 g/mol. The lowest BCUT2D eigenvalue weighted by Crippen LogP contribution is -2.25. The Labute approximate surface area is 131 Å². The molecular weight excluding hydrogens is 258 g/mol. The predicted molar refractivity (Wildman–Crippen MR) is 92.1 cm³/mol. The summed E-state index contributed by atoms with van der Waals surface area (Å²) >= 11 is 0. The molecular formula is C19H33NO. The zero-order valence-electron chi connectivity index (χ0n) is 14.2. The van der Waals surface area contributed by atoms with Gasteiger partial charge < -0.3 is 10.1 Å². The highest BCUT2D eigenvalue weighted by atomic mass is 16.5. The molecule has 1 atom stereocenters. The summed E-state index contributed by atoms with van der Waals surface area (Å²) in [5, 5.41) is 3.59. The van der Waals surface area contributed by atoms with Gasteiger partial charge in [-0.1, -0.05) is 57.7 Å². The van der Waals surface area contributed by atoms with Crippen molar-refractivity contribution < 1.29 is 4.74 Å². The van der Waals surface area contributed by atoms with Gasteiger partial charge in [-0.05, 0) is 49.9 Å². The summed E-state index contributed by atoms with van der Waals surface area (Å²) in [6, 6.07) is 8.44. The van der Waals surface area contributed by atoms with E-state index in [1.54, 1.807) is 7.11 Å². The molecule has 0 aliphatic rings. The summed E-state index contributed by atoms with van der Waals surface area (Å²) in [7, 11) is 1.77. The normalized spacial score (nSPS) is 12.3. The van der Waals surface area contributed by atoms with Crippen molar-refractivity contribution in [3.63, 3.8) is 0 Å². The van der Waals surface area contributed by atoms with Crippen molar-refractivity contribution in [3.05, 3.63) is 29.8 Å². The molecule has 0 saturated carbocycles. The summed E-state index contributed by atoms with van der Waals surface area (Å²) < 4.78 is 5.49. The number of rotatable bonds is 12. The third kappa shape index (κ3) is 7.52. The summed E-state index contributed by atoms with van der Waals surface area (Å²) in [5.74, 6) is 1.75. The summed E-state index contributed by atoms with van der Waals surface area (Å²) in [6.45, 7) is 6.74. The maximum Gasteiger partial charge on any atom is 0.122 e. The third-order valence-corrected chi connectivity index (χ3v) is 4.03. The van der Waals surface area contributed by atoms with E-state index in [9.17, 15) is 0 Å².